The molecular weight excluding hydrogens is 352 g/mol. The number of rotatable bonds is 6. The number of hydrogen-bond acceptors (Lipinski definition) is 4. The van der Waals surface area contributed by atoms with Crippen molar-refractivity contribution in [3.8, 4) is 11.4 Å². The van der Waals surface area contributed by atoms with Crippen LogP contribution < -0.4 is 10.1 Å². The number of para-hydroxylation sites is 2. The van der Waals surface area contributed by atoms with Crippen LogP contribution in [0, 0.1) is 0 Å². The van der Waals surface area contributed by atoms with Gasteiger partial charge in [-0.3, -0.25) is 4.79 Å². The molecule has 3 aromatic rings. The standard InChI is InChI=1S/C19H19ClN4O2/c1-3-6-16-18(19(25)21-15-7-4-5-8-17(15)26-2)22-23-24(16)14-11-9-13(20)10-12-14/h4-5,7-12H,3,6H2,1-2H3,(H,21,25). The van der Waals surface area contributed by atoms with Crippen LogP contribution in [0.3, 0.4) is 0 Å². The Hall–Kier alpha value is -2.86. The summed E-state index contributed by atoms with van der Waals surface area (Å²) in [6.07, 6.45) is 1.53. The first-order valence-electron chi connectivity index (χ1n) is 8.29. The van der Waals surface area contributed by atoms with Gasteiger partial charge in [0.2, 0.25) is 0 Å². The van der Waals surface area contributed by atoms with Crippen LogP contribution in [0.4, 0.5) is 5.69 Å². The summed E-state index contributed by atoms with van der Waals surface area (Å²) in [4.78, 5) is 12.8. The number of amides is 1. The molecule has 0 bridgehead atoms. The van der Waals surface area contributed by atoms with Crippen molar-refractivity contribution in [2.24, 2.45) is 0 Å². The first-order chi connectivity index (χ1) is 12.6. The zero-order valence-electron chi connectivity index (χ0n) is 14.6. The van der Waals surface area contributed by atoms with E-state index in [4.69, 9.17) is 16.3 Å². The molecule has 0 aliphatic rings. The molecule has 1 heterocycles. The van der Waals surface area contributed by atoms with Gasteiger partial charge in [-0.25, -0.2) is 4.68 Å². The first kappa shape index (κ1) is 17.9. The minimum atomic E-state index is -0.321. The minimum Gasteiger partial charge on any atom is -0.495 e. The molecule has 26 heavy (non-hydrogen) atoms. The number of carbonyl (C=O) groups is 1. The summed E-state index contributed by atoms with van der Waals surface area (Å²) in [5.41, 5.74) is 2.44. The summed E-state index contributed by atoms with van der Waals surface area (Å²) in [6, 6.07) is 14.5. The van der Waals surface area contributed by atoms with E-state index in [0.717, 1.165) is 17.8 Å². The molecule has 1 N–H and O–H groups in total. The van der Waals surface area contributed by atoms with E-state index in [1.165, 1.54) is 0 Å². The Morgan fingerprint density at radius 3 is 2.62 bits per heavy atom. The normalized spacial score (nSPS) is 10.6. The van der Waals surface area contributed by atoms with Crippen molar-refractivity contribution >= 4 is 23.2 Å². The molecule has 134 valence electrons. The molecule has 0 radical (unpaired) electrons. The van der Waals surface area contributed by atoms with Crippen molar-refractivity contribution in [2.75, 3.05) is 12.4 Å². The molecule has 0 saturated carbocycles. The lowest BCUT2D eigenvalue weighted by Gasteiger charge is -2.10. The van der Waals surface area contributed by atoms with Crippen molar-refractivity contribution in [2.45, 2.75) is 19.8 Å². The largest absolute Gasteiger partial charge is 0.495 e. The number of carbonyl (C=O) groups excluding carboxylic acids is 1. The number of aromatic nitrogens is 3. The maximum atomic E-state index is 12.8. The molecule has 0 fully saturated rings. The number of nitrogens with zero attached hydrogens (tertiary/aromatic N) is 3. The Labute approximate surface area is 156 Å². The summed E-state index contributed by atoms with van der Waals surface area (Å²) in [5.74, 6) is 0.265. The Morgan fingerprint density at radius 2 is 1.92 bits per heavy atom. The second-order valence-electron chi connectivity index (χ2n) is 5.68. The van der Waals surface area contributed by atoms with E-state index in [1.54, 1.807) is 36.1 Å². The maximum Gasteiger partial charge on any atom is 0.278 e. The SMILES string of the molecule is CCCc1c(C(=O)Nc2ccccc2OC)nnn1-c1ccc(Cl)cc1. The van der Waals surface area contributed by atoms with E-state index in [-0.39, 0.29) is 5.91 Å². The number of hydrogen-bond donors (Lipinski definition) is 1. The topological polar surface area (TPSA) is 69.0 Å². The molecule has 1 amide bonds. The van der Waals surface area contributed by atoms with Crippen LogP contribution >= 0.6 is 11.6 Å². The highest BCUT2D eigenvalue weighted by molar-refractivity contribution is 6.30. The maximum absolute atomic E-state index is 12.8. The number of methoxy groups -OCH3 is 1. The molecule has 0 atom stereocenters. The summed E-state index contributed by atoms with van der Waals surface area (Å²) in [6.45, 7) is 2.04. The van der Waals surface area contributed by atoms with Crippen molar-refractivity contribution in [1.82, 2.24) is 15.0 Å². The second kappa shape index (κ2) is 8.01. The Balaban J connectivity index is 1.94. The lowest BCUT2D eigenvalue weighted by Crippen LogP contribution is -2.16. The van der Waals surface area contributed by atoms with Gasteiger partial charge in [-0.1, -0.05) is 42.3 Å². The van der Waals surface area contributed by atoms with Gasteiger partial charge in [-0.05, 0) is 42.8 Å². The van der Waals surface area contributed by atoms with Crippen LogP contribution in [0.1, 0.15) is 29.5 Å². The molecule has 1 aromatic heterocycles. The number of anilines is 1. The van der Waals surface area contributed by atoms with E-state index in [1.807, 2.05) is 31.2 Å². The van der Waals surface area contributed by atoms with Crippen LogP contribution in [-0.2, 0) is 6.42 Å². The van der Waals surface area contributed by atoms with Crippen LogP contribution in [0.2, 0.25) is 5.02 Å². The molecule has 6 nitrogen and oxygen atoms in total. The van der Waals surface area contributed by atoms with E-state index in [9.17, 15) is 4.79 Å². The predicted octanol–water partition coefficient (Wildman–Crippen LogP) is 4.13. The van der Waals surface area contributed by atoms with Gasteiger partial charge in [0.1, 0.15) is 5.75 Å². The van der Waals surface area contributed by atoms with Gasteiger partial charge in [-0.2, -0.15) is 0 Å². The van der Waals surface area contributed by atoms with Crippen molar-refractivity contribution in [1.29, 1.82) is 0 Å². The summed E-state index contributed by atoms with van der Waals surface area (Å²) in [7, 11) is 1.56. The van der Waals surface area contributed by atoms with Crippen LogP contribution in [0.15, 0.2) is 48.5 Å². The number of ether oxygens (including phenoxy) is 1. The summed E-state index contributed by atoms with van der Waals surface area (Å²) < 4.78 is 6.95. The van der Waals surface area contributed by atoms with Gasteiger partial charge < -0.3 is 10.1 Å². The van der Waals surface area contributed by atoms with Crippen LogP contribution in [0.5, 0.6) is 5.75 Å². The second-order valence-corrected chi connectivity index (χ2v) is 6.11. The Morgan fingerprint density at radius 1 is 1.19 bits per heavy atom. The Kier molecular flexibility index (Phi) is 5.53. The molecule has 2 aromatic carbocycles. The molecule has 0 unspecified atom stereocenters. The monoisotopic (exact) mass is 370 g/mol. The molecule has 3 rings (SSSR count). The van der Waals surface area contributed by atoms with Crippen molar-refractivity contribution < 1.29 is 9.53 Å². The fourth-order valence-corrected chi connectivity index (χ4v) is 2.78. The average molecular weight is 371 g/mol. The summed E-state index contributed by atoms with van der Waals surface area (Å²) in [5, 5.41) is 11.8. The fourth-order valence-electron chi connectivity index (χ4n) is 2.66. The van der Waals surface area contributed by atoms with E-state index >= 15 is 0 Å². The molecular formula is C19H19ClN4O2. The van der Waals surface area contributed by atoms with Gasteiger partial charge in [0, 0.05) is 5.02 Å². The molecule has 0 aliphatic carbocycles. The smallest absolute Gasteiger partial charge is 0.278 e. The first-order valence-corrected chi connectivity index (χ1v) is 8.66. The van der Waals surface area contributed by atoms with Gasteiger partial charge >= 0.3 is 0 Å². The van der Waals surface area contributed by atoms with E-state index in [2.05, 4.69) is 15.6 Å². The average Bonchev–Trinajstić information content (AvgIpc) is 3.07. The summed E-state index contributed by atoms with van der Waals surface area (Å²) >= 11 is 5.95. The molecule has 0 aliphatic heterocycles. The van der Waals surface area contributed by atoms with Gasteiger partial charge in [-0.15, -0.1) is 5.10 Å². The Bertz CT molecular complexity index is 906. The fraction of sp³-hybridized carbons (Fsp3) is 0.211. The zero-order valence-corrected chi connectivity index (χ0v) is 15.3. The molecule has 0 saturated heterocycles. The third-order valence-corrected chi connectivity index (χ3v) is 4.14. The van der Waals surface area contributed by atoms with Crippen LogP contribution in [-0.4, -0.2) is 28.0 Å². The highest BCUT2D eigenvalue weighted by atomic mass is 35.5. The number of benzene rings is 2. The zero-order chi connectivity index (χ0) is 18.5. The lowest BCUT2D eigenvalue weighted by molar-refractivity contribution is 0.102. The third-order valence-electron chi connectivity index (χ3n) is 3.89. The van der Waals surface area contributed by atoms with E-state index < -0.39 is 0 Å². The van der Waals surface area contributed by atoms with Gasteiger partial charge in [0.25, 0.3) is 5.91 Å². The molecule has 7 heteroatoms. The third kappa shape index (κ3) is 3.70. The van der Waals surface area contributed by atoms with Crippen molar-refractivity contribution in [3.63, 3.8) is 0 Å². The highest BCUT2D eigenvalue weighted by Gasteiger charge is 2.21. The predicted molar refractivity (Wildman–Crippen MR) is 101 cm³/mol. The number of nitrogens with one attached hydrogen (secondary N) is 1. The quantitative estimate of drug-likeness (QED) is 0.708. The van der Waals surface area contributed by atoms with Gasteiger partial charge in [0.05, 0.1) is 24.2 Å². The molecule has 0 spiro atoms. The number of halogens is 1. The van der Waals surface area contributed by atoms with Crippen molar-refractivity contribution in [3.05, 3.63) is 64.9 Å². The minimum absolute atomic E-state index is 0.299. The van der Waals surface area contributed by atoms with E-state index in [0.29, 0.717) is 28.6 Å². The highest BCUT2D eigenvalue weighted by Crippen LogP contribution is 2.24. The van der Waals surface area contributed by atoms with Gasteiger partial charge in [0.15, 0.2) is 5.69 Å². The lowest BCUT2D eigenvalue weighted by atomic mass is 10.2. The van der Waals surface area contributed by atoms with Crippen LogP contribution in [0.25, 0.3) is 5.69 Å².